The van der Waals surface area contributed by atoms with Crippen LogP contribution in [0.2, 0.25) is 0 Å². The average Bonchev–Trinajstić information content (AvgIpc) is 2.08. The summed E-state index contributed by atoms with van der Waals surface area (Å²) in [5.74, 6) is -3.59. The van der Waals surface area contributed by atoms with Gasteiger partial charge in [-0.25, -0.2) is 4.79 Å². The molecule has 0 bridgehead atoms. The van der Waals surface area contributed by atoms with E-state index in [-0.39, 0.29) is 6.54 Å². The second kappa shape index (κ2) is 6.07. The van der Waals surface area contributed by atoms with Crippen LogP contribution in [0.5, 0.6) is 0 Å². The number of hydrogen-bond acceptors (Lipinski definition) is 3. The Labute approximate surface area is 99.2 Å². The minimum Gasteiger partial charge on any atom is -0.481 e. The van der Waals surface area contributed by atoms with Crippen LogP contribution < -0.4 is 10.6 Å². The number of carboxylic acids is 2. The summed E-state index contributed by atoms with van der Waals surface area (Å²) < 4.78 is 0. The zero-order chi connectivity index (χ0) is 13.6. The second-order valence-corrected chi connectivity index (χ2v) is 4.72. The van der Waals surface area contributed by atoms with Gasteiger partial charge in [-0.2, -0.15) is 0 Å². The van der Waals surface area contributed by atoms with E-state index in [9.17, 15) is 14.4 Å². The number of rotatable bonds is 5. The van der Waals surface area contributed by atoms with Crippen LogP contribution in [0.4, 0.5) is 4.79 Å². The Kier molecular flexibility index (Phi) is 5.43. The lowest BCUT2D eigenvalue weighted by Gasteiger charge is -2.21. The van der Waals surface area contributed by atoms with E-state index in [1.807, 2.05) is 0 Å². The van der Waals surface area contributed by atoms with Gasteiger partial charge >= 0.3 is 18.0 Å². The summed E-state index contributed by atoms with van der Waals surface area (Å²) in [7, 11) is 0. The van der Waals surface area contributed by atoms with Crippen molar-refractivity contribution in [1.82, 2.24) is 10.6 Å². The van der Waals surface area contributed by atoms with Crippen LogP contribution in [0.3, 0.4) is 0 Å². The molecule has 1 unspecified atom stereocenters. The van der Waals surface area contributed by atoms with Crippen molar-refractivity contribution < 1.29 is 24.6 Å². The highest BCUT2D eigenvalue weighted by atomic mass is 16.4. The largest absolute Gasteiger partial charge is 0.481 e. The minimum atomic E-state index is -1.25. The highest BCUT2D eigenvalue weighted by Gasteiger charge is 2.22. The number of amides is 2. The fourth-order valence-electron chi connectivity index (χ4n) is 1.06. The summed E-state index contributed by atoms with van der Waals surface area (Å²) in [6.45, 7) is 5.11. The van der Waals surface area contributed by atoms with Gasteiger partial charge in [0.25, 0.3) is 0 Å². The minimum absolute atomic E-state index is 0.219. The number of aliphatic carboxylic acids is 2. The molecule has 17 heavy (non-hydrogen) atoms. The van der Waals surface area contributed by atoms with Crippen LogP contribution in [-0.2, 0) is 9.59 Å². The molecule has 4 N–H and O–H groups in total. The third-order valence-electron chi connectivity index (χ3n) is 1.77. The van der Waals surface area contributed by atoms with Crippen molar-refractivity contribution in [3.8, 4) is 0 Å². The van der Waals surface area contributed by atoms with Crippen molar-refractivity contribution in [2.45, 2.75) is 32.7 Å². The maximum absolute atomic E-state index is 11.3. The topological polar surface area (TPSA) is 116 Å². The van der Waals surface area contributed by atoms with Gasteiger partial charge in [0.1, 0.15) is 0 Å². The molecule has 0 radical (unpaired) electrons. The molecule has 0 heterocycles. The summed E-state index contributed by atoms with van der Waals surface area (Å²) in [4.78, 5) is 32.4. The third-order valence-corrected chi connectivity index (χ3v) is 1.77. The fraction of sp³-hybridized carbons (Fsp3) is 0.700. The third kappa shape index (κ3) is 8.06. The number of nitrogens with one attached hydrogen (secondary N) is 2. The van der Waals surface area contributed by atoms with E-state index in [4.69, 9.17) is 10.2 Å². The monoisotopic (exact) mass is 246 g/mol. The Morgan fingerprint density at radius 3 is 2.06 bits per heavy atom. The Bertz CT molecular complexity index is 308. The molecule has 0 aliphatic heterocycles. The molecule has 0 aromatic carbocycles. The molecule has 2 amide bonds. The molecular weight excluding hydrogens is 228 g/mol. The summed E-state index contributed by atoms with van der Waals surface area (Å²) >= 11 is 0. The zero-order valence-electron chi connectivity index (χ0n) is 10.1. The first-order valence-corrected chi connectivity index (χ1v) is 5.12. The molecule has 0 aliphatic rings. The van der Waals surface area contributed by atoms with E-state index in [0.717, 1.165) is 0 Å². The van der Waals surface area contributed by atoms with E-state index < -0.39 is 35.8 Å². The summed E-state index contributed by atoms with van der Waals surface area (Å²) in [6, 6.07) is -0.519. The Morgan fingerprint density at radius 2 is 1.71 bits per heavy atom. The van der Waals surface area contributed by atoms with Gasteiger partial charge in [0.2, 0.25) is 0 Å². The van der Waals surface area contributed by atoms with Crippen LogP contribution >= 0.6 is 0 Å². The molecule has 1 atom stereocenters. The maximum atomic E-state index is 11.3. The van der Waals surface area contributed by atoms with Crippen LogP contribution in [0, 0.1) is 5.92 Å². The van der Waals surface area contributed by atoms with Crippen LogP contribution in [0.1, 0.15) is 27.2 Å². The molecule has 0 aromatic rings. The summed E-state index contributed by atoms with van der Waals surface area (Å²) in [6.07, 6.45) is -0.523. The van der Waals surface area contributed by atoms with Gasteiger partial charge in [0.05, 0.1) is 12.3 Å². The maximum Gasteiger partial charge on any atom is 0.315 e. The number of carbonyl (C=O) groups excluding carboxylic acids is 1. The van der Waals surface area contributed by atoms with Gasteiger partial charge in [0.15, 0.2) is 0 Å². The van der Waals surface area contributed by atoms with E-state index >= 15 is 0 Å². The van der Waals surface area contributed by atoms with Crippen molar-refractivity contribution in [1.29, 1.82) is 0 Å². The van der Waals surface area contributed by atoms with Gasteiger partial charge in [-0.15, -0.1) is 0 Å². The highest BCUT2D eigenvalue weighted by Crippen LogP contribution is 2.02. The van der Waals surface area contributed by atoms with Crippen LogP contribution in [-0.4, -0.2) is 40.3 Å². The van der Waals surface area contributed by atoms with Crippen LogP contribution in [0.15, 0.2) is 0 Å². The Morgan fingerprint density at radius 1 is 1.18 bits per heavy atom. The van der Waals surface area contributed by atoms with Crippen molar-refractivity contribution in [2.24, 2.45) is 5.92 Å². The summed E-state index contributed by atoms with van der Waals surface area (Å²) in [5, 5.41) is 22.1. The van der Waals surface area contributed by atoms with Crippen LogP contribution in [0.25, 0.3) is 0 Å². The Hall–Kier alpha value is -1.79. The van der Waals surface area contributed by atoms with Gasteiger partial charge in [-0.05, 0) is 20.8 Å². The molecule has 7 nitrogen and oxygen atoms in total. The lowest BCUT2D eigenvalue weighted by molar-refractivity contribution is -0.148. The van der Waals surface area contributed by atoms with E-state index in [0.29, 0.717) is 0 Å². The predicted octanol–water partition coefficient (Wildman–Crippen LogP) is 0.260. The molecule has 0 fully saturated rings. The van der Waals surface area contributed by atoms with Crippen molar-refractivity contribution in [3.05, 3.63) is 0 Å². The lowest BCUT2D eigenvalue weighted by Crippen LogP contribution is -2.48. The standard InChI is InChI=1S/C10H18N2O5/c1-10(2,3)12-9(17)11-5-6(8(15)16)4-7(13)14/h6H,4-5H2,1-3H3,(H,13,14)(H,15,16)(H2,11,12,17). The van der Waals surface area contributed by atoms with Crippen molar-refractivity contribution in [2.75, 3.05) is 6.54 Å². The van der Waals surface area contributed by atoms with E-state index in [1.54, 1.807) is 20.8 Å². The highest BCUT2D eigenvalue weighted by molar-refractivity contribution is 5.79. The lowest BCUT2D eigenvalue weighted by atomic mass is 10.1. The number of urea groups is 1. The molecule has 0 saturated heterocycles. The quantitative estimate of drug-likeness (QED) is 0.555. The second-order valence-electron chi connectivity index (χ2n) is 4.72. The molecule has 7 heteroatoms. The first-order valence-electron chi connectivity index (χ1n) is 5.12. The van der Waals surface area contributed by atoms with Gasteiger partial charge in [-0.1, -0.05) is 0 Å². The zero-order valence-corrected chi connectivity index (χ0v) is 10.1. The first-order chi connectivity index (χ1) is 7.61. The fourth-order valence-corrected chi connectivity index (χ4v) is 1.06. The van der Waals surface area contributed by atoms with Gasteiger partial charge < -0.3 is 20.8 Å². The molecule has 98 valence electrons. The molecule has 0 rings (SSSR count). The van der Waals surface area contributed by atoms with E-state index in [1.165, 1.54) is 0 Å². The molecule has 0 saturated carbocycles. The van der Waals surface area contributed by atoms with E-state index in [2.05, 4.69) is 10.6 Å². The average molecular weight is 246 g/mol. The number of carboxylic acid groups (broad SMARTS) is 2. The molecular formula is C10H18N2O5. The Balaban J connectivity index is 4.18. The smallest absolute Gasteiger partial charge is 0.315 e. The van der Waals surface area contributed by atoms with Crippen molar-refractivity contribution >= 4 is 18.0 Å². The van der Waals surface area contributed by atoms with Crippen molar-refractivity contribution in [3.63, 3.8) is 0 Å². The predicted molar refractivity (Wildman–Crippen MR) is 59.7 cm³/mol. The molecule has 0 aliphatic carbocycles. The SMILES string of the molecule is CC(C)(C)NC(=O)NCC(CC(=O)O)C(=O)O. The number of hydrogen-bond donors (Lipinski definition) is 4. The van der Waals surface area contributed by atoms with Gasteiger partial charge in [-0.3, -0.25) is 9.59 Å². The molecule has 0 spiro atoms. The first kappa shape index (κ1) is 15.2. The number of carbonyl (C=O) groups is 3. The normalized spacial score (nSPS) is 12.6. The summed E-state index contributed by atoms with van der Waals surface area (Å²) in [5.41, 5.74) is -0.435. The van der Waals surface area contributed by atoms with Gasteiger partial charge in [0, 0.05) is 12.1 Å². The molecule has 0 aromatic heterocycles.